The number of ether oxygens (including phenoxy) is 2. The largest absolute Gasteiger partial charge is 0.444 e. The van der Waals surface area contributed by atoms with Crippen LogP contribution in [0.25, 0.3) is 21.9 Å². The van der Waals surface area contributed by atoms with Crippen LogP contribution in [0.1, 0.15) is 67.1 Å². The molecule has 54 heavy (non-hydrogen) atoms. The maximum Gasteiger partial charge on any atom is 0.407 e. The minimum atomic E-state index is -1.20. The van der Waals surface area contributed by atoms with Crippen LogP contribution >= 0.6 is 0 Å². The fraction of sp³-hybridized carbons (Fsp3) is 0.368. The molecule has 2 atom stereocenters. The summed E-state index contributed by atoms with van der Waals surface area (Å²) in [7, 11) is 1.46. The molecule has 1 saturated heterocycles. The van der Waals surface area contributed by atoms with E-state index in [-0.39, 0.29) is 34.3 Å². The molecule has 3 aliphatic rings. The lowest BCUT2D eigenvalue weighted by Gasteiger charge is -2.27. The highest BCUT2D eigenvalue weighted by atomic mass is 19.1. The number of aryl methyl sites for hydroxylation is 1. The van der Waals surface area contributed by atoms with Crippen molar-refractivity contribution in [2.75, 3.05) is 29.9 Å². The standard InChI is InChI=1S/C38H38FN9O6/c1-19(48-33(50)23-9-7-8-10-24(23)34(48)51)32(49)46(6)26-14-21(39)13-25-28-30(43-29(25)26)44-35(53-22-15-40-20(2)41-16-22)45-31(28)47-17-27(38(18-47)11-12-38)42-36(52)54-37(3,4)5/h7-10,13-16,19,27H,11-12,17-18H2,1-6H3,(H,42,52)(H,43,44,45)/t19?,27-/m0/s1. The number of aromatic amines is 1. The number of nitrogens with one attached hydrogen (secondary N) is 2. The highest BCUT2D eigenvalue weighted by molar-refractivity contribution is 6.24. The molecule has 1 saturated carbocycles. The van der Waals surface area contributed by atoms with Gasteiger partial charge in [-0.25, -0.2) is 19.2 Å². The normalized spacial score (nSPS) is 18.0. The molecule has 3 aromatic heterocycles. The van der Waals surface area contributed by atoms with E-state index in [0.29, 0.717) is 52.4 Å². The first-order valence-electron chi connectivity index (χ1n) is 17.6. The lowest BCUT2D eigenvalue weighted by atomic mass is 10.0. The van der Waals surface area contributed by atoms with E-state index in [1.807, 2.05) is 4.90 Å². The summed E-state index contributed by atoms with van der Waals surface area (Å²) in [6.45, 7) is 9.54. The fourth-order valence-electron chi connectivity index (χ4n) is 7.40. The number of likely N-dealkylation sites (N-methyl/N-ethyl adjacent to an activating group) is 1. The van der Waals surface area contributed by atoms with Crippen molar-refractivity contribution < 1.29 is 33.0 Å². The van der Waals surface area contributed by atoms with E-state index in [0.717, 1.165) is 17.7 Å². The van der Waals surface area contributed by atoms with Gasteiger partial charge in [0.15, 0.2) is 5.75 Å². The number of carbonyl (C=O) groups excluding carboxylic acids is 4. The monoisotopic (exact) mass is 735 g/mol. The summed E-state index contributed by atoms with van der Waals surface area (Å²) in [4.78, 5) is 78.7. The quantitative estimate of drug-likeness (QED) is 0.208. The summed E-state index contributed by atoms with van der Waals surface area (Å²) in [6.07, 6.45) is 4.25. The van der Waals surface area contributed by atoms with Crippen molar-refractivity contribution in [3.63, 3.8) is 0 Å². The first-order valence-corrected chi connectivity index (χ1v) is 17.6. The molecule has 278 valence electrons. The number of halogens is 1. The summed E-state index contributed by atoms with van der Waals surface area (Å²) >= 11 is 0. The topological polar surface area (TPSA) is 176 Å². The van der Waals surface area contributed by atoms with Crippen molar-refractivity contribution in [1.29, 1.82) is 0 Å². The van der Waals surface area contributed by atoms with Gasteiger partial charge in [0.2, 0.25) is 5.91 Å². The average molecular weight is 736 g/mol. The molecule has 2 N–H and O–H groups in total. The third-order valence-corrected chi connectivity index (χ3v) is 10.2. The predicted octanol–water partition coefficient (Wildman–Crippen LogP) is 5.28. The highest BCUT2D eigenvalue weighted by Crippen LogP contribution is 2.54. The molecule has 5 heterocycles. The highest BCUT2D eigenvalue weighted by Gasteiger charge is 2.56. The molecule has 1 unspecified atom stereocenters. The molecule has 2 aromatic carbocycles. The average Bonchev–Trinajstić information content (AvgIpc) is 3.59. The smallest absolute Gasteiger partial charge is 0.407 e. The second kappa shape index (κ2) is 12.5. The van der Waals surface area contributed by atoms with Crippen LogP contribution < -0.4 is 19.9 Å². The number of anilines is 2. The molecule has 15 nitrogen and oxygen atoms in total. The van der Waals surface area contributed by atoms with Crippen LogP contribution in [0.15, 0.2) is 48.8 Å². The van der Waals surface area contributed by atoms with Gasteiger partial charge in [-0.05, 0) is 71.7 Å². The summed E-state index contributed by atoms with van der Waals surface area (Å²) < 4.78 is 27.3. The van der Waals surface area contributed by atoms with Crippen molar-refractivity contribution in [1.82, 2.24) is 35.1 Å². The molecule has 0 radical (unpaired) electrons. The second-order valence-corrected chi connectivity index (χ2v) is 15.1. The number of nitrogens with zero attached hydrogens (tertiary/aromatic N) is 7. The first kappa shape index (κ1) is 34.9. The maximum absolute atomic E-state index is 15.7. The zero-order valence-electron chi connectivity index (χ0n) is 30.6. The zero-order valence-corrected chi connectivity index (χ0v) is 30.6. The summed E-state index contributed by atoms with van der Waals surface area (Å²) in [6, 6.07) is 7.44. The molecule has 16 heteroatoms. The number of benzene rings is 2. The molecular formula is C38H38FN9O6. The number of carbonyl (C=O) groups is 4. The molecular weight excluding hydrogens is 697 g/mol. The second-order valence-electron chi connectivity index (χ2n) is 15.1. The lowest BCUT2D eigenvalue weighted by molar-refractivity contribution is -0.121. The first-order chi connectivity index (χ1) is 25.6. The Bertz CT molecular complexity index is 2350. The van der Waals surface area contributed by atoms with Gasteiger partial charge in [-0.3, -0.25) is 19.3 Å². The van der Waals surface area contributed by atoms with Gasteiger partial charge in [0.25, 0.3) is 11.8 Å². The van der Waals surface area contributed by atoms with Crippen molar-refractivity contribution in [3.05, 3.63) is 71.6 Å². The lowest BCUT2D eigenvalue weighted by Crippen LogP contribution is -2.48. The van der Waals surface area contributed by atoms with Crippen LogP contribution in [-0.4, -0.2) is 91.5 Å². The number of H-pyrrole nitrogens is 1. The summed E-state index contributed by atoms with van der Waals surface area (Å²) in [5.41, 5.74) is 0.365. The Morgan fingerprint density at radius 2 is 1.74 bits per heavy atom. The van der Waals surface area contributed by atoms with Crippen LogP contribution in [0.5, 0.6) is 11.8 Å². The van der Waals surface area contributed by atoms with Gasteiger partial charge >= 0.3 is 12.1 Å². The van der Waals surface area contributed by atoms with Gasteiger partial charge in [-0.1, -0.05) is 12.1 Å². The van der Waals surface area contributed by atoms with E-state index < -0.39 is 41.3 Å². The van der Waals surface area contributed by atoms with Crippen LogP contribution in [-0.2, 0) is 9.53 Å². The van der Waals surface area contributed by atoms with Gasteiger partial charge in [-0.15, -0.1) is 0 Å². The molecule has 1 aliphatic carbocycles. The number of aromatic nitrogens is 5. The Morgan fingerprint density at radius 1 is 1.07 bits per heavy atom. The third kappa shape index (κ3) is 6.00. The van der Waals surface area contributed by atoms with E-state index in [1.165, 1.54) is 43.4 Å². The summed E-state index contributed by atoms with van der Waals surface area (Å²) in [5, 5.41) is 3.92. The number of amides is 4. The molecule has 5 aromatic rings. The van der Waals surface area contributed by atoms with Crippen LogP contribution in [0.3, 0.4) is 0 Å². The number of imide groups is 1. The Morgan fingerprint density at radius 3 is 2.37 bits per heavy atom. The molecule has 2 fully saturated rings. The van der Waals surface area contributed by atoms with E-state index >= 15 is 4.39 Å². The van der Waals surface area contributed by atoms with Gasteiger partial charge in [-0.2, -0.15) is 9.97 Å². The van der Waals surface area contributed by atoms with Crippen molar-refractivity contribution >= 4 is 57.3 Å². The van der Waals surface area contributed by atoms with Gasteiger partial charge in [0, 0.05) is 30.9 Å². The minimum absolute atomic E-state index is 0.0318. The number of rotatable bonds is 7. The molecule has 4 amide bonds. The van der Waals surface area contributed by atoms with Crippen LogP contribution in [0.2, 0.25) is 0 Å². The van der Waals surface area contributed by atoms with Crippen LogP contribution in [0.4, 0.5) is 20.7 Å². The van der Waals surface area contributed by atoms with E-state index in [9.17, 15) is 19.2 Å². The van der Waals surface area contributed by atoms with Crippen LogP contribution in [0, 0.1) is 18.2 Å². The number of fused-ring (bicyclic) bond motifs is 4. The van der Waals surface area contributed by atoms with Gasteiger partial charge < -0.3 is 29.6 Å². The Labute approximate surface area is 308 Å². The van der Waals surface area contributed by atoms with Gasteiger partial charge in [0.05, 0.1) is 46.2 Å². The van der Waals surface area contributed by atoms with E-state index in [2.05, 4.69) is 25.3 Å². The molecule has 0 bridgehead atoms. The molecule has 1 spiro atoms. The molecule has 2 aliphatic heterocycles. The van der Waals surface area contributed by atoms with E-state index in [1.54, 1.807) is 52.0 Å². The Balaban J connectivity index is 1.19. The van der Waals surface area contributed by atoms with Crippen molar-refractivity contribution in [2.45, 2.75) is 65.1 Å². The Hall–Kier alpha value is -6.19. The maximum atomic E-state index is 15.7. The van der Waals surface area contributed by atoms with Gasteiger partial charge in [0.1, 0.15) is 34.7 Å². The SMILES string of the molecule is Cc1ncc(Oc2nc(N3C[C@H](NC(=O)OC(C)(C)C)C4(CC4)C3)c3c(n2)[nH]c2c(N(C)C(=O)C(C)N4C(=O)c5ccccc5C4=O)cc(F)cc23)cn1. The van der Waals surface area contributed by atoms with Crippen molar-refractivity contribution in [3.8, 4) is 11.8 Å². The van der Waals surface area contributed by atoms with Crippen molar-refractivity contribution in [2.24, 2.45) is 5.41 Å². The van der Waals surface area contributed by atoms with E-state index in [4.69, 9.17) is 14.5 Å². The zero-order chi connectivity index (χ0) is 38.3. The number of alkyl carbamates (subject to hydrolysis) is 1. The minimum Gasteiger partial charge on any atom is -0.444 e. The Kier molecular flexibility index (Phi) is 8.04. The summed E-state index contributed by atoms with van der Waals surface area (Å²) in [5.74, 6) is -1.13. The fourth-order valence-corrected chi connectivity index (χ4v) is 7.40. The number of hydrogen-bond donors (Lipinski definition) is 2. The third-order valence-electron chi connectivity index (χ3n) is 10.2. The molecule has 8 rings (SSSR count). The predicted molar refractivity (Wildman–Crippen MR) is 195 cm³/mol. The number of hydrogen-bond acceptors (Lipinski definition) is 11.